The maximum absolute atomic E-state index is 3.64. The molecular formula is C16H19Br2NS. The number of halogens is 2. The highest BCUT2D eigenvalue weighted by atomic mass is 79.9. The topological polar surface area (TPSA) is 12.0 Å². The number of nitrogens with one attached hydrogen (secondary N) is 1. The third-order valence-corrected chi connectivity index (χ3v) is 5.63. The monoisotopic (exact) mass is 415 g/mol. The molecule has 0 aliphatic heterocycles. The van der Waals surface area contributed by atoms with Crippen molar-refractivity contribution in [2.45, 2.75) is 32.7 Å². The van der Waals surface area contributed by atoms with Gasteiger partial charge in [-0.1, -0.05) is 45.7 Å². The van der Waals surface area contributed by atoms with E-state index in [9.17, 15) is 0 Å². The van der Waals surface area contributed by atoms with Crippen LogP contribution in [0.1, 0.15) is 37.6 Å². The van der Waals surface area contributed by atoms with Gasteiger partial charge in [-0.05, 0) is 49.7 Å². The van der Waals surface area contributed by atoms with Gasteiger partial charge in [0.2, 0.25) is 0 Å². The molecule has 1 N–H and O–H groups in total. The molecule has 0 bridgehead atoms. The summed E-state index contributed by atoms with van der Waals surface area (Å²) in [5, 5.41) is 3.62. The quantitative estimate of drug-likeness (QED) is 0.574. The van der Waals surface area contributed by atoms with Crippen molar-refractivity contribution in [3.8, 4) is 10.4 Å². The first-order valence-electron chi connectivity index (χ1n) is 6.94. The summed E-state index contributed by atoms with van der Waals surface area (Å²) in [4.78, 5) is 2.73. The lowest BCUT2D eigenvalue weighted by molar-refractivity contribution is 0.525. The second-order valence-corrected chi connectivity index (χ2v) is 7.63. The Balaban J connectivity index is 2.25. The zero-order chi connectivity index (χ0) is 14.5. The van der Waals surface area contributed by atoms with Crippen molar-refractivity contribution in [3.05, 3.63) is 44.2 Å². The summed E-state index contributed by atoms with van der Waals surface area (Å²) in [5.41, 5.74) is 1.25. The Kier molecular flexibility index (Phi) is 6.27. The second kappa shape index (κ2) is 7.74. The lowest BCUT2D eigenvalue weighted by Gasteiger charge is -2.14. The fourth-order valence-corrected chi connectivity index (χ4v) is 4.29. The van der Waals surface area contributed by atoms with Crippen molar-refractivity contribution < 1.29 is 0 Å². The third kappa shape index (κ3) is 3.94. The Hall–Kier alpha value is -0.160. The third-order valence-electron chi connectivity index (χ3n) is 3.21. The zero-order valence-electron chi connectivity index (χ0n) is 11.7. The Bertz CT molecular complexity index is 565. The summed E-state index contributed by atoms with van der Waals surface area (Å²) >= 11 is 9.07. The van der Waals surface area contributed by atoms with Crippen LogP contribution in [0.5, 0.6) is 0 Å². The van der Waals surface area contributed by atoms with E-state index in [2.05, 4.69) is 81.4 Å². The van der Waals surface area contributed by atoms with E-state index < -0.39 is 0 Å². The van der Waals surface area contributed by atoms with Gasteiger partial charge in [-0.2, -0.15) is 0 Å². The molecule has 2 aromatic rings. The maximum Gasteiger partial charge on any atom is 0.0412 e. The molecular weight excluding hydrogens is 398 g/mol. The number of hydrogen-bond donors (Lipinski definition) is 1. The minimum absolute atomic E-state index is 0.472. The highest BCUT2D eigenvalue weighted by molar-refractivity contribution is 9.11. The molecule has 108 valence electrons. The molecule has 0 amide bonds. The second-order valence-electron chi connectivity index (χ2n) is 4.74. The molecule has 20 heavy (non-hydrogen) atoms. The van der Waals surface area contributed by atoms with E-state index in [4.69, 9.17) is 0 Å². The fraction of sp³-hybridized carbons (Fsp3) is 0.375. The van der Waals surface area contributed by atoms with E-state index >= 15 is 0 Å². The summed E-state index contributed by atoms with van der Waals surface area (Å²) in [6.45, 7) is 5.52. The zero-order valence-corrected chi connectivity index (χ0v) is 15.7. The molecule has 4 heteroatoms. The fourth-order valence-electron chi connectivity index (χ4n) is 2.14. The van der Waals surface area contributed by atoms with Gasteiger partial charge in [0.05, 0.1) is 0 Å². The standard InChI is InChI=1S/C16H19Br2NS/c1-3-9-19-14(4-2)16-8-7-15(20-16)12-10-11(17)5-6-13(12)18/h5-8,10,14,19H,3-4,9H2,1-2H3. The SMILES string of the molecule is CCCNC(CC)c1ccc(-c2cc(Br)ccc2Br)s1. The first kappa shape index (κ1) is 16.2. The summed E-state index contributed by atoms with van der Waals surface area (Å²) < 4.78 is 2.26. The smallest absolute Gasteiger partial charge is 0.0412 e. The van der Waals surface area contributed by atoms with Crippen LogP contribution < -0.4 is 5.32 Å². The van der Waals surface area contributed by atoms with E-state index in [0.717, 1.165) is 21.9 Å². The lowest BCUT2D eigenvalue weighted by Crippen LogP contribution is -2.20. The Labute approximate surface area is 142 Å². The van der Waals surface area contributed by atoms with E-state index in [-0.39, 0.29) is 0 Å². The Morgan fingerprint density at radius 1 is 1.15 bits per heavy atom. The van der Waals surface area contributed by atoms with Crippen LogP contribution in [0.4, 0.5) is 0 Å². The van der Waals surface area contributed by atoms with Crippen molar-refractivity contribution in [2.24, 2.45) is 0 Å². The molecule has 1 unspecified atom stereocenters. The van der Waals surface area contributed by atoms with Gasteiger partial charge in [-0.25, -0.2) is 0 Å². The summed E-state index contributed by atoms with van der Waals surface area (Å²) in [6.07, 6.45) is 2.30. The molecule has 0 radical (unpaired) electrons. The average Bonchev–Trinajstić information content (AvgIpc) is 2.92. The molecule has 1 nitrogen and oxygen atoms in total. The first-order valence-corrected chi connectivity index (χ1v) is 9.34. The normalized spacial score (nSPS) is 12.6. The summed E-state index contributed by atoms with van der Waals surface area (Å²) in [6, 6.07) is 11.3. The van der Waals surface area contributed by atoms with Crippen LogP contribution in [0.25, 0.3) is 10.4 Å². The first-order chi connectivity index (χ1) is 9.65. The molecule has 0 saturated heterocycles. The van der Waals surface area contributed by atoms with E-state index in [1.807, 2.05) is 11.3 Å². The largest absolute Gasteiger partial charge is 0.309 e. The van der Waals surface area contributed by atoms with Gasteiger partial charge in [-0.15, -0.1) is 11.3 Å². The molecule has 0 spiro atoms. The van der Waals surface area contributed by atoms with Crippen LogP contribution in [0, 0.1) is 0 Å². The number of benzene rings is 1. The molecule has 2 rings (SSSR count). The van der Waals surface area contributed by atoms with Crippen LogP contribution in [-0.4, -0.2) is 6.54 Å². The number of thiophene rings is 1. The molecule has 1 aromatic carbocycles. The van der Waals surface area contributed by atoms with Crippen molar-refractivity contribution in [1.82, 2.24) is 5.32 Å². The molecule has 0 aliphatic carbocycles. The Morgan fingerprint density at radius 2 is 1.95 bits per heavy atom. The molecule has 0 aliphatic rings. The van der Waals surface area contributed by atoms with Crippen molar-refractivity contribution in [3.63, 3.8) is 0 Å². The predicted octanol–water partition coefficient (Wildman–Crippen LogP) is 6.39. The number of rotatable bonds is 6. The van der Waals surface area contributed by atoms with Gasteiger partial charge in [0.25, 0.3) is 0 Å². The summed E-state index contributed by atoms with van der Waals surface area (Å²) in [7, 11) is 0. The van der Waals surface area contributed by atoms with E-state index in [1.54, 1.807) is 0 Å². The van der Waals surface area contributed by atoms with Crippen molar-refractivity contribution >= 4 is 43.2 Å². The van der Waals surface area contributed by atoms with Crippen LogP contribution in [-0.2, 0) is 0 Å². The maximum atomic E-state index is 3.64. The van der Waals surface area contributed by atoms with Crippen molar-refractivity contribution in [2.75, 3.05) is 6.54 Å². The molecule has 1 aromatic heterocycles. The lowest BCUT2D eigenvalue weighted by atomic mass is 10.1. The predicted molar refractivity (Wildman–Crippen MR) is 96.5 cm³/mol. The Morgan fingerprint density at radius 3 is 2.65 bits per heavy atom. The van der Waals surface area contributed by atoms with Gasteiger partial charge >= 0.3 is 0 Å². The molecule has 1 heterocycles. The van der Waals surface area contributed by atoms with E-state index in [0.29, 0.717) is 6.04 Å². The van der Waals surface area contributed by atoms with Crippen LogP contribution >= 0.6 is 43.2 Å². The highest BCUT2D eigenvalue weighted by Crippen LogP contribution is 2.37. The van der Waals surface area contributed by atoms with Crippen molar-refractivity contribution in [1.29, 1.82) is 0 Å². The van der Waals surface area contributed by atoms with Gasteiger partial charge in [0.1, 0.15) is 0 Å². The van der Waals surface area contributed by atoms with Gasteiger partial charge in [0.15, 0.2) is 0 Å². The van der Waals surface area contributed by atoms with Crippen LogP contribution in [0.15, 0.2) is 39.3 Å². The summed E-state index contributed by atoms with van der Waals surface area (Å²) in [5.74, 6) is 0. The molecule has 0 saturated carbocycles. The van der Waals surface area contributed by atoms with Crippen LogP contribution in [0.3, 0.4) is 0 Å². The van der Waals surface area contributed by atoms with E-state index in [1.165, 1.54) is 21.7 Å². The average molecular weight is 417 g/mol. The minimum Gasteiger partial charge on any atom is -0.309 e. The van der Waals surface area contributed by atoms with Gasteiger partial charge in [-0.3, -0.25) is 0 Å². The minimum atomic E-state index is 0.472. The van der Waals surface area contributed by atoms with Gasteiger partial charge < -0.3 is 5.32 Å². The highest BCUT2D eigenvalue weighted by Gasteiger charge is 2.13. The number of hydrogen-bond acceptors (Lipinski definition) is 2. The molecule has 0 fully saturated rings. The van der Waals surface area contributed by atoms with Gasteiger partial charge in [0, 0.05) is 30.3 Å². The molecule has 1 atom stereocenters. The van der Waals surface area contributed by atoms with Crippen LogP contribution in [0.2, 0.25) is 0 Å².